The summed E-state index contributed by atoms with van der Waals surface area (Å²) in [5, 5.41) is 0. The molecule has 0 saturated carbocycles. The molecule has 0 aliphatic carbocycles. The van der Waals surface area contributed by atoms with Crippen molar-refractivity contribution in [2.24, 2.45) is 9.98 Å². The van der Waals surface area contributed by atoms with Gasteiger partial charge in [0.1, 0.15) is 13.2 Å². The van der Waals surface area contributed by atoms with Gasteiger partial charge < -0.3 is 9.47 Å². The van der Waals surface area contributed by atoms with Crippen LogP contribution in [0.25, 0.3) is 0 Å². The van der Waals surface area contributed by atoms with Crippen molar-refractivity contribution in [2.45, 2.75) is 38.8 Å². The predicted molar refractivity (Wildman–Crippen MR) is 79.6 cm³/mol. The second kappa shape index (κ2) is 5.65. The third-order valence-corrected chi connectivity index (χ3v) is 3.75. The molecule has 106 valence electrons. The fourth-order valence-electron chi connectivity index (χ4n) is 2.40. The summed E-state index contributed by atoms with van der Waals surface area (Å²) in [6.45, 7) is 5.60. The Labute approximate surface area is 119 Å². The van der Waals surface area contributed by atoms with Crippen LogP contribution in [0.4, 0.5) is 0 Å². The van der Waals surface area contributed by atoms with Crippen LogP contribution in [-0.2, 0) is 9.47 Å². The summed E-state index contributed by atoms with van der Waals surface area (Å²) in [6, 6.07) is 8.59. The number of rotatable bonds is 4. The number of hydrogen-bond acceptors (Lipinski definition) is 4. The summed E-state index contributed by atoms with van der Waals surface area (Å²) in [5.41, 5.74) is 1.97. The third-order valence-electron chi connectivity index (χ3n) is 3.75. The fourth-order valence-corrected chi connectivity index (χ4v) is 2.40. The molecule has 0 spiro atoms. The molecule has 3 rings (SSSR count). The van der Waals surface area contributed by atoms with Crippen LogP contribution in [0.5, 0.6) is 0 Å². The molecule has 2 aliphatic heterocycles. The molecule has 0 bridgehead atoms. The summed E-state index contributed by atoms with van der Waals surface area (Å²) < 4.78 is 11.5. The van der Waals surface area contributed by atoms with E-state index in [1.807, 2.05) is 24.3 Å². The first kappa shape index (κ1) is 13.2. The number of benzene rings is 1. The normalized spacial score (nSPS) is 24.9. The molecule has 0 radical (unpaired) electrons. The van der Waals surface area contributed by atoms with Gasteiger partial charge in [0.2, 0.25) is 11.8 Å². The Morgan fingerprint density at radius 3 is 1.70 bits per heavy atom. The van der Waals surface area contributed by atoms with Gasteiger partial charge in [-0.2, -0.15) is 0 Å². The van der Waals surface area contributed by atoms with E-state index in [4.69, 9.17) is 9.47 Å². The highest BCUT2D eigenvalue weighted by Gasteiger charge is 2.25. The molecule has 0 aromatic heterocycles. The van der Waals surface area contributed by atoms with Gasteiger partial charge >= 0.3 is 0 Å². The zero-order valence-electron chi connectivity index (χ0n) is 12.0. The van der Waals surface area contributed by atoms with Crippen LogP contribution in [-0.4, -0.2) is 37.1 Å². The van der Waals surface area contributed by atoms with Gasteiger partial charge in [-0.25, -0.2) is 9.98 Å². The summed E-state index contributed by atoms with van der Waals surface area (Å²) in [6.07, 6.45) is 2.00. The molecule has 2 aliphatic rings. The molecule has 0 fully saturated rings. The topological polar surface area (TPSA) is 43.2 Å². The highest BCUT2D eigenvalue weighted by molar-refractivity contribution is 6.08. The van der Waals surface area contributed by atoms with E-state index >= 15 is 0 Å². The molecule has 2 atom stereocenters. The maximum atomic E-state index is 5.74. The average molecular weight is 272 g/mol. The summed E-state index contributed by atoms with van der Waals surface area (Å²) in [4.78, 5) is 9.26. The van der Waals surface area contributed by atoms with Crippen molar-refractivity contribution in [1.82, 2.24) is 0 Å². The zero-order valence-corrected chi connectivity index (χ0v) is 12.0. The quantitative estimate of drug-likeness (QED) is 0.846. The maximum absolute atomic E-state index is 5.74. The van der Waals surface area contributed by atoms with Crippen LogP contribution in [0.3, 0.4) is 0 Å². The van der Waals surface area contributed by atoms with Crippen molar-refractivity contribution in [2.75, 3.05) is 13.2 Å². The second-order valence-corrected chi connectivity index (χ2v) is 5.16. The molecule has 0 N–H and O–H groups in total. The van der Waals surface area contributed by atoms with Gasteiger partial charge in [-0.1, -0.05) is 26.0 Å². The Hall–Kier alpha value is -1.84. The van der Waals surface area contributed by atoms with Crippen LogP contribution in [0.15, 0.2) is 34.3 Å². The molecule has 1 aromatic rings. The van der Waals surface area contributed by atoms with Gasteiger partial charge in [0, 0.05) is 11.1 Å². The van der Waals surface area contributed by atoms with E-state index in [0.717, 1.165) is 35.8 Å². The molecule has 2 heterocycles. The van der Waals surface area contributed by atoms with Crippen molar-refractivity contribution >= 4 is 11.8 Å². The van der Waals surface area contributed by atoms with Crippen LogP contribution in [0.2, 0.25) is 0 Å². The molecule has 20 heavy (non-hydrogen) atoms. The van der Waals surface area contributed by atoms with Crippen LogP contribution in [0.1, 0.15) is 37.8 Å². The Balaban J connectivity index is 1.94. The standard InChI is InChI=1S/C16H20N2O2/c1-3-11-9-19-15(17-11)13-7-5-6-8-14(13)16-18-12(4-2)10-20-16/h5-8,11-12H,3-4,9-10H2,1-2H3/t11-,12-/m1/s1. The number of hydrogen-bond donors (Lipinski definition) is 0. The van der Waals surface area contributed by atoms with Crippen molar-refractivity contribution in [3.05, 3.63) is 35.4 Å². The van der Waals surface area contributed by atoms with E-state index in [-0.39, 0.29) is 12.1 Å². The summed E-state index contributed by atoms with van der Waals surface area (Å²) >= 11 is 0. The largest absolute Gasteiger partial charge is 0.475 e. The third kappa shape index (κ3) is 2.42. The molecule has 4 heteroatoms. The minimum Gasteiger partial charge on any atom is -0.475 e. The lowest BCUT2D eigenvalue weighted by Gasteiger charge is -2.08. The van der Waals surface area contributed by atoms with E-state index in [2.05, 4.69) is 23.8 Å². The lowest BCUT2D eigenvalue weighted by Crippen LogP contribution is -2.11. The molecule has 4 nitrogen and oxygen atoms in total. The Morgan fingerprint density at radius 1 is 0.900 bits per heavy atom. The summed E-state index contributed by atoms with van der Waals surface area (Å²) in [5.74, 6) is 1.44. The van der Waals surface area contributed by atoms with Crippen molar-refractivity contribution in [3.8, 4) is 0 Å². The molecular formula is C16H20N2O2. The number of nitrogens with zero attached hydrogens (tertiary/aromatic N) is 2. The Kier molecular flexibility index (Phi) is 3.72. The first-order valence-corrected chi connectivity index (χ1v) is 7.32. The first-order valence-electron chi connectivity index (χ1n) is 7.32. The predicted octanol–water partition coefficient (Wildman–Crippen LogP) is 2.80. The number of aliphatic imine (C=N–C) groups is 2. The number of ether oxygens (including phenoxy) is 2. The maximum Gasteiger partial charge on any atom is 0.217 e. The van der Waals surface area contributed by atoms with E-state index in [1.165, 1.54) is 0 Å². The van der Waals surface area contributed by atoms with Gasteiger partial charge in [0.05, 0.1) is 12.1 Å². The van der Waals surface area contributed by atoms with E-state index in [9.17, 15) is 0 Å². The Bertz CT molecular complexity index is 502. The van der Waals surface area contributed by atoms with Crippen LogP contribution >= 0.6 is 0 Å². The van der Waals surface area contributed by atoms with Crippen LogP contribution in [0, 0.1) is 0 Å². The smallest absolute Gasteiger partial charge is 0.217 e. The molecule has 0 unspecified atom stereocenters. The summed E-state index contributed by atoms with van der Waals surface area (Å²) in [7, 11) is 0. The molecule has 0 amide bonds. The van der Waals surface area contributed by atoms with Gasteiger partial charge in [-0.3, -0.25) is 0 Å². The van der Waals surface area contributed by atoms with Gasteiger partial charge in [-0.05, 0) is 25.0 Å². The van der Waals surface area contributed by atoms with E-state index in [1.54, 1.807) is 0 Å². The second-order valence-electron chi connectivity index (χ2n) is 5.16. The van der Waals surface area contributed by atoms with Crippen molar-refractivity contribution in [1.29, 1.82) is 0 Å². The lowest BCUT2D eigenvalue weighted by molar-refractivity contribution is 0.312. The fraction of sp³-hybridized carbons (Fsp3) is 0.500. The van der Waals surface area contributed by atoms with Gasteiger partial charge in [0.25, 0.3) is 0 Å². The first-order chi connectivity index (χ1) is 9.81. The molecule has 1 aromatic carbocycles. The Morgan fingerprint density at radius 2 is 1.35 bits per heavy atom. The lowest BCUT2D eigenvalue weighted by atomic mass is 10.1. The highest BCUT2D eigenvalue weighted by atomic mass is 16.5. The van der Waals surface area contributed by atoms with E-state index in [0.29, 0.717) is 13.2 Å². The van der Waals surface area contributed by atoms with Gasteiger partial charge in [0.15, 0.2) is 0 Å². The average Bonchev–Trinajstić information content (AvgIpc) is 3.16. The monoisotopic (exact) mass is 272 g/mol. The van der Waals surface area contributed by atoms with E-state index < -0.39 is 0 Å². The van der Waals surface area contributed by atoms with Crippen LogP contribution < -0.4 is 0 Å². The van der Waals surface area contributed by atoms with Crippen molar-refractivity contribution in [3.63, 3.8) is 0 Å². The SMILES string of the molecule is CC[C@@H]1COC(c2ccccc2C2=N[C@H](CC)CO2)=N1. The minimum absolute atomic E-state index is 0.271. The van der Waals surface area contributed by atoms with Crippen molar-refractivity contribution < 1.29 is 9.47 Å². The molecular weight excluding hydrogens is 252 g/mol. The minimum atomic E-state index is 0.271. The highest BCUT2D eigenvalue weighted by Crippen LogP contribution is 2.21. The van der Waals surface area contributed by atoms with Gasteiger partial charge in [-0.15, -0.1) is 0 Å². The zero-order chi connectivity index (χ0) is 13.9. The molecule has 0 saturated heterocycles.